The van der Waals surface area contributed by atoms with Crippen LogP contribution in [0.5, 0.6) is 5.75 Å². The van der Waals surface area contributed by atoms with Crippen LogP contribution >= 0.6 is 0 Å². The lowest BCUT2D eigenvalue weighted by molar-refractivity contribution is 0.0691. The van der Waals surface area contributed by atoms with E-state index in [4.69, 9.17) is 5.11 Å². The van der Waals surface area contributed by atoms with E-state index in [9.17, 15) is 14.3 Å². The fraction of sp³-hybridized carbons (Fsp3) is 0.364. The van der Waals surface area contributed by atoms with Crippen molar-refractivity contribution in [1.29, 1.82) is 0 Å². The van der Waals surface area contributed by atoms with Gasteiger partial charge in [-0.25, -0.2) is 9.18 Å². The predicted octanol–water partition coefficient (Wildman–Crippen LogP) is 2.53. The number of carboxylic acid groups (broad SMARTS) is 1. The molecule has 0 radical (unpaired) electrons. The Morgan fingerprint density at radius 3 is 2.27 bits per heavy atom. The first kappa shape index (κ1) is 11.5. The number of phenolic OH excluding ortho intramolecular Hbond substituents is 1. The van der Waals surface area contributed by atoms with Gasteiger partial charge in [-0.2, -0.15) is 0 Å². The summed E-state index contributed by atoms with van der Waals surface area (Å²) in [7, 11) is 0. The number of aromatic hydroxyl groups is 1. The Bertz CT molecular complexity index is 405. The third-order valence-corrected chi connectivity index (χ3v) is 2.12. The highest BCUT2D eigenvalue weighted by Gasteiger charge is 2.22. The van der Waals surface area contributed by atoms with Crippen molar-refractivity contribution >= 4 is 5.97 Å². The van der Waals surface area contributed by atoms with Crippen molar-refractivity contribution in [2.45, 2.75) is 26.2 Å². The van der Waals surface area contributed by atoms with E-state index in [1.807, 2.05) is 20.8 Å². The van der Waals surface area contributed by atoms with Gasteiger partial charge in [0.05, 0.1) is 5.56 Å². The Kier molecular flexibility index (Phi) is 2.71. The lowest BCUT2D eigenvalue weighted by atomic mass is 9.85. The Labute approximate surface area is 87.2 Å². The topological polar surface area (TPSA) is 57.5 Å². The molecule has 4 heteroatoms. The van der Waals surface area contributed by atoms with Crippen molar-refractivity contribution in [2.75, 3.05) is 0 Å². The molecule has 0 aromatic heterocycles. The largest absolute Gasteiger partial charge is 0.508 e. The van der Waals surface area contributed by atoms with Crippen LogP contribution in [0.15, 0.2) is 12.1 Å². The van der Waals surface area contributed by atoms with Gasteiger partial charge in [-0.3, -0.25) is 0 Å². The molecule has 0 bridgehead atoms. The van der Waals surface area contributed by atoms with Gasteiger partial charge in [0.2, 0.25) is 0 Å². The second kappa shape index (κ2) is 3.53. The van der Waals surface area contributed by atoms with Crippen molar-refractivity contribution in [3.05, 3.63) is 29.1 Å². The zero-order valence-electron chi connectivity index (χ0n) is 8.84. The molecule has 2 N–H and O–H groups in total. The van der Waals surface area contributed by atoms with Crippen LogP contribution in [0.25, 0.3) is 0 Å². The molecule has 0 atom stereocenters. The fourth-order valence-electron chi connectivity index (χ4n) is 1.33. The zero-order valence-corrected chi connectivity index (χ0v) is 8.84. The molecule has 0 fully saturated rings. The molecule has 1 aromatic rings. The average Bonchev–Trinajstić information content (AvgIpc) is 2.00. The van der Waals surface area contributed by atoms with E-state index in [-0.39, 0.29) is 5.75 Å². The van der Waals surface area contributed by atoms with Gasteiger partial charge in [0, 0.05) is 11.6 Å². The smallest absolute Gasteiger partial charge is 0.338 e. The highest BCUT2D eigenvalue weighted by atomic mass is 19.1. The predicted molar refractivity (Wildman–Crippen MR) is 53.7 cm³/mol. The Balaban J connectivity index is 3.43. The minimum atomic E-state index is -1.34. The summed E-state index contributed by atoms with van der Waals surface area (Å²) in [5.41, 5.74) is -0.429. The van der Waals surface area contributed by atoms with Crippen molar-refractivity contribution < 1.29 is 19.4 Å². The van der Waals surface area contributed by atoms with E-state index in [2.05, 4.69) is 0 Å². The molecule has 0 aliphatic heterocycles. The first-order valence-corrected chi connectivity index (χ1v) is 4.50. The van der Waals surface area contributed by atoms with Crippen LogP contribution in [0, 0.1) is 5.82 Å². The van der Waals surface area contributed by atoms with Crippen molar-refractivity contribution in [3.63, 3.8) is 0 Å². The van der Waals surface area contributed by atoms with E-state index in [0.717, 1.165) is 6.07 Å². The van der Waals surface area contributed by atoms with Gasteiger partial charge >= 0.3 is 5.97 Å². The van der Waals surface area contributed by atoms with E-state index in [1.54, 1.807) is 0 Å². The number of rotatable bonds is 1. The minimum Gasteiger partial charge on any atom is -0.508 e. The number of halogens is 1. The van der Waals surface area contributed by atoms with Crippen molar-refractivity contribution in [1.82, 2.24) is 0 Å². The molecule has 82 valence electrons. The summed E-state index contributed by atoms with van der Waals surface area (Å²) >= 11 is 0. The molecule has 0 aliphatic carbocycles. The quantitative estimate of drug-likeness (QED) is 0.752. The molecule has 0 aliphatic rings. The molecule has 0 spiro atoms. The first-order chi connectivity index (χ1) is 6.73. The van der Waals surface area contributed by atoms with Gasteiger partial charge in [-0.05, 0) is 11.5 Å². The molecular formula is C11H13FO3. The molecule has 0 saturated heterocycles. The highest BCUT2D eigenvalue weighted by Crippen LogP contribution is 2.32. The first-order valence-electron chi connectivity index (χ1n) is 4.50. The second-order valence-electron chi connectivity index (χ2n) is 4.40. The summed E-state index contributed by atoms with van der Waals surface area (Å²) in [6.45, 7) is 5.43. The average molecular weight is 212 g/mol. The summed E-state index contributed by atoms with van der Waals surface area (Å²) in [5, 5.41) is 18.2. The molecule has 1 rings (SSSR count). The number of hydrogen-bond acceptors (Lipinski definition) is 2. The van der Waals surface area contributed by atoms with Crippen LogP contribution in [0.3, 0.4) is 0 Å². The van der Waals surface area contributed by atoms with Crippen LogP contribution in [-0.4, -0.2) is 16.2 Å². The fourth-order valence-corrected chi connectivity index (χ4v) is 1.33. The van der Waals surface area contributed by atoms with E-state index < -0.39 is 22.8 Å². The molecule has 3 nitrogen and oxygen atoms in total. The SMILES string of the molecule is CC(C)(C)c1cc(C(=O)O)c(F)cc1O. The molecule has 0 saturated carbocycles. The number of hydrogen-bond donors (Lipinski definition) is 2. The van der Waals surface area contributed by atoms with Crippen LogP contribution < -0.4 is 0 Å². The highest BCUT2D eigenvalue weighted by molar-refractivity contribution is 5.88. The van der Waals surface area contributed by atoms with Crippen molar-refractivity contribution in [3.8, 4) is 5.75 Å². The summed E-state index contributed by atoms with van der Waals surface area (Å²) in [4.78, 5) is 10.7. The van der Waals surface area contributed by atoms with E-state index in [1.165, 1.54) is 6.07 Å². The molecular weight excluding hydrogens is 199 g/mol. The second-order valence-corrected chi connectivity index (χ2v) is 4.40. The molecule has 0 amide bonds. The van der Waals surface area contributed by atoms with Crippen molar-refractivity contribution in [2.24, 2.45) is 0 Å². The van der Waals surface area contributed by atoms with Crippen LogP contribution in [0.4, 0.5) is 4.39 Å². The van der Waals surface area contributed by atoms with Gasteiger partial charge < -0.3 is 10.2 Å². The van der Waals surface area contributed by atoms with Gasteiger partial charge in [0.15, 0.2) is 0 Å². The molecule has 0 unspecified atom stereocenters. The molecule has 1 aromatic carbocycles. The third kappa shape index (κ3) is 2.26. The van der Waals surface area contributed by atoms with Crippen LogP contribution in [0.1, 0.15) is 36.7 Å². The number of benzene rings is 1. The van der Waals surface area contributed by atoms with Gasteiger partial charge in [-0.15, -0.1) is 0 Å². The normalized spacial score (nSPS) is 11.5. The summed E-state index contributed by atoms with van der Waals surface area (Å²) in [6.07, 6.45) is 0. The number of carbonyl (C=O) groups is 1. The van der Waals surface area contributed by atoms with E-state index in [0.29, 0.717) is 5.56 Å². The molecule has 15 heavy (non-hydrogen) atoms. The number of aromatic carboxylic acids is 1. The maximum Gasteiger partial charge on any atom is 0.338 e. The number of carboxylic acids is 1. The maximum atomic E-state index is 13.1. The van der Waals surface area contributed by atoms with E-state index >= 15 is 0 Å². The Morgan fingerprint density at radius 2 is 1.87 bits per heavy atom. The Hall–Kier alpha value is -1.58. The van der Waals surface area contributed by atoms with Gasteiger partial charge in [-0.1, -0.05) is 20.8 Å². The van der Waals surface area contributed by atoms with Crippen LogP contribution in [0.2, 0.25) is 0 Å². The molecule has 0 heterocycles. The lowest BCUT2D eigenvalue weighted by Gasteiger charge is -2.20. The van der Waals surface area contributed by atoms with Gasteiger partial charge in [0.25, 0.3) is 0 Å². The monoisotopic (exact) mass is 212 g/mol. The summed E-state index contributed by atoms with van der Waals surface area (Å²) < 4.78 is 13.1. The number of phenols is 1. The standard InChI is InChI=1S/C11H13FO3/c1-11(2,3)7-4-6(10(14)15)8(12)5-9(7)13/h4-5,13H,1-3H3,(H,14,15). The minimum absolute atomic E-state index is 0.218. The third-order valence-electron chi connectivity index (χ3n) is 2.12. The van der Waals surface area contributed by atoms with Gasteiger partial charge in [0.1, 0.15) is 11.6 Å². The Morgan fingerprint density at radius 1 is 1.33 bits per heavy atom. The lowest BCUT2D eigenvalue weighted by Crippen LogP contribution is -2.13. The summed E-state index contributed by atoms with van der Waals surface area (Å²) in [5.74, 6) is -2.48. The van der Waals surface area contributed by atoms with Crippen LogP contribution in [-0.2, 0) is 5.41 Å². The summed E-state index contributed by atoms with van der Waals surface area (Å²) in [6, 6.07) is 2.01. The maximum absolute atomic E-state index is 13.1. The zero-order chi connectivity index (χ0) is 11.8.